The van der Waals surface area contributed by atoms with Gasteiger partial charge in [-0.05, 0) is 70.0 Å². The summed E-state index contributed by atoms with van der Waals surface area (Å²) in [5.74, 6) is 0.179. The van der Waals surface area contributed by atoms with E-state index < -0.39 is 15.9 Å². The number of thiazole rings is 1. The molecule has 7 nitrogen and oxygen atoms in total. The van der Waals surface area contributed by atoms with Gasteiger partial charge in [-0.15, -0.1) is 11.3 Å². The number of hydrogen-bond donors (Lipinski definition) is 1. The van der Waals surface area contributed by atoms with E-state index in [9.17, 15) is 13.2 Å². The summed E-state index contributed by atoms with van der Waals surface area (Å²) in [5.41, 5.74) is 2.76. The van der Waals surface area contributed by atoms with Crippen molar-refractivity contribution < 1.29 is 17.9 Å². The molecule has 2 aromatic carbocycles. The lowest BCUT2D eigenvalue weighted by atomic mass is 9.99. The number of aromatic nitrogens is 1. The second-order valence-corrected chi connectivity index (χ2v) is 11.5. The Kier molecular flexibility index (Phi) is 7.35. The Hall–Kier alpha value is -2.75. The number of carbonyl (C=O) groups is 1. The minimum Gasteiger partial charge on any atom is -0.494 e. The highest BCUT2D eigenvalue weighted by atomic mass is 32.2. The van der Waals surface area contributed by atoms with Gasteiger partial charge in [0, 0.05) is 23.5 Å². The number of ether oxygens (including phenoxy) is 1. The SMILES string of the molecule is CCOc1ccc(-c2nc(NC(=O)C3CCCN(S(=O)(=O)c4ccc(C)cc4)C3)sc2C)cc1. The summed E-state index contributed by atoms with van der Waals surface area (Å²) in [7, 11) is -3.63. The fourth-order valence-electron chi connectivity index (χ4n) is 4.03. The lowest BCUT2D eigenvalue weighted by Crippen LogP contribution is -2.43. The largest absolute Gasteiger partial charge is 0.494 e. The molecule has 1 fully saturated rings. The second kappa shape index (κ2) is 10.2. The normalized spacial score (nSPS) is 16.9. The fourth-order valence-corrected chi connectivity index (χ4v) is 6.40. The average molecular weight is 500 g/mol. The van der Waals surface area contributed by atoms with Crippen molar-refractivity contribution in [1.29, 1.82) is 0 Å². The number of hydrogen-bond acceptors (Lipinski definition) is 6. The number of aryl methyl sites for hydroxylation is 2. The van der Waals surface area contributed by atoms with Crippen LogP contribution in [0.1, 0.15) is 30.2 Å². The van der Waals surface area contributed by atoms with Crippen LogP contribution in [0.15, 0.2) is 53.4 Å². The first-order valence-corrected chi connectivity index (χ1v) is 13.6. The van der Waals surface area contributed by atoms with Crippen molar-refractivity contribution in [2.24, 2.45) is 5.92 Å². The molecule has 2 heterocycles. The first kappa shape index (κ1) is 24.4. The molecule has 1 saturated heterocycles. The van der Waals surface area contributed by atoms with Gasteiger partial charge < -0.3 is 10.1 Å². The van der Waals surface area contributed by atoms with Crippen molar-refractivity contribution in [3.8, 4) is 17.0 Å². The molecule has 4 rings (SSSR count). The molecule has 0 aliphatic carbocycles. The van der Waals surface area contributed by atoms with Gasteiger partial charge in [-0.3, -0.25) is 4.79 Å². The summed E-state index contributed by atoms with van der Waals surface area (Å²) in [5, 5.41) is 3.43. The van der Waals surface area contributed by atoms with E-state index in [0.717, 1.165) is 27.4 Å². The maximum Gasteiger partial charge on any atom is 0.243 e. The summed E-state index contributed by atoms with van der Waals surface area (Å²) >= 11 is 1.41. The van der Waals surface area contributed by atoms with Crippen LogP contribution >= 0.6 is 11.3 Å². The van der Waals surface area contributed by atoms with E-state index in [1.165, 1.54) is 15.6 Å². The van der Waals surface area contributed by atoms with Gasteiger partial charge in [-0.2, -0.15) is 4.31 Å². The predicted octanol–water partition coefficient (Wildman–Crippen LogP) is 4.87. The summed E-state index contributed by atoms with van der Waals surface area (Å²) in [6, 6.07) is 14.5. The topological polar surface area (TPSA) is 88.6 Å². The van der Waals surface area contributed by atoms with Crippen molar-refractivity contribution in [3.63, 3.8) is 0 Å². The Bertz CT molecular complexity index is 1250. The zero-order chi connectivity index (χ0) is 24.3. The predicted molar refractivity (Wildman–Crippen MR) is 135 cm³/mol. The lowest BCUT2D eigenvalue weighted by Gasteiger charge is -2.31. The Labute approximate surface area is 204 Å². The molecule has 1 aliphatic rings. The minimum atomic E-state index is -3.63. The second-order valence-electron chi connectivity index (χ2n) is 8.39. The van der Waals surface area contributed by atoms with Crippen LogP contribution in [0, 0.1) is 19.8 Å². The lowest BCUT2D eigenvalue weighted by molar-refractivity contribution is -0.120. The van der Waals surface area contributed by atoms with Gasteiger partial charge in [-0.1, -0.05) is 17.7 Å². The third kappa shape index (κ3) is 5.32. The maximum atomic E-state index is 13.1. The molecule has 1 amide bonds. The molecule has 34 heavy (non-hydrogen) atoms. The number of piperidine rings is 1. The molecule has 180 valence electrons. The molecule has 3 aromatic rings. The van der Waals surface area contributed by atoms with E-state index in [0.29, 0.717) is 31.1 Å². The van der Waals surface area contributed by atoms with Crippen LogP contribution in [-0.4, -0.2) is 43.3 Å². The van der Waals surface area contributed by atoms with E-state index in [4.69, 9.17) is 4.74 Å². The highest BCUT2D eigenvalue weighted by molar-refractivity contribution is 7.89. The summed E-state index contributed by atoms with van der Waals surface area (Å²) < 4.78 is 33.1. The highest BCUT2D eigenvalue weighted by Crippen LogP contribution is 2.32. The van der Waals surface area contributed by atoms with Crippen LogP contribution < -0.4 is 10.1 Å². The molecule has 1 unspecified atom stereocenters. The van der Waals surface area contributed by atoms with Gasteiger partial charge >= 0.3 is 0 Å². The van der Waals surface area contributed by atoms with Crippen LogP contribution in [0.2, 0.25) is 0 Å². The van der Waals surface area contributed by atoms with Crippen LogP contribution in [0.25, 0.3) is 11.3 Å². The third-order valence-corrected chi connectivity index (χ3v) is 8.64. The smallest absolute Gasteiger partial charge is 0.243 e. The average Bonchev–Trinajstić information content (AvgIpc) is 3.20. The molecular formula is C25H29N3O4S2. The van der Waals surface area contributed by atoms with Crippen molar-refractivity contribution in [2.75, 3.05) is 25.0 Å². The van der Waals surface area contributed by atoms with Crippen molar-refractivity contribution in [2.45, 2.75) is 38.5 Å². The zero-order valence-corrected chi connectivity index (χ0v) is 21.2. The van der Waals surface area contributed by atoms with Gasteiger partial charge in [0.25, 0.3) is 0 Å². The fraction of sp³-hybridized carbons (Fsp3) is 0.360. The summed E-state index contributed by atoms with van der Waals surface area (Å²) in [6.45, 7) is 7.01. The number of anilines is 1. The zero-order valence-electron chi connectivity index (χ0n) is 19.6. The number of rotatable bonds is 7. The van der Waals surface area contributed by atoms with Crippen LogP contribution in [0.5, 0.6) is 5.75 Å². The molecule has 0 radical (unpaired) electrons. The first-order valence-electron chi connectivity index (χ1n) is 11.4. The standard InChI is InChI=1S/C25H29N3O4S2/c1-4-32-21-11-9-19(10-12-21)23-18(3)33-25(26-23)27-24(29)20-6-5-15-28(16-20)34(30,31)22-13-7-17(2)8-14-22/h7-14,20H,4-6,15-16H2,1-3H3,(H,26,27,29). The molecule has 0 saturated carbocycles. The van der Waals surface area contributed by atoms with Crippen molar-refractivity contribution in [1.82, 2.24) is 9.29 Å². The van der Waals surface area contributed by atoms with E-state index in [-0.39, 0.29) is 17.3 Å². The molecular weight excluding hydrogens is 470 g/mol. The number of benzene rings is 2. The maximum absolute atomic E-state index is 13.1. The Morgan fingerprint density at radius 3 is 2.53 bits per heavy atom. The Morgan fingerprint density at radius 2 is 1.85 bits per heavy atom. The summed E-state index contributed by atoms with van der Waals surface area (Å²) in [4.78, 5) is 18.9. The van der Waals surface area contributed by atoms with E-state index in [1.54, 1.807) is 24.3 Å². The number of sulfonamides is 1. The number of nitrogens with zero attached hydrogens (tertiary/aromatic N) is 2. The molecule has 1 aliphatic heterocycles. The Balaban J connectivity index is 1.44. The van der Waals surface area contributed by atoms with E-state index in [1.807, 2.05) is 45.0 Å². The van der Waals surface area contributed by atoms with Gasteiger partial charge in [0.15, 0.2) is 5.13 Å². The first-order chi connectivity index (χ1) is 16.3. The number of nitrogens with one attached hydrogen (secondary N) is 1. The molecule has 9 heteroatoms. The highest BCUT2D eigenvalue weighted by Gasteiger charge is 2.33. The number of amides is 1. The molecule has 1 aromatic heterocycles. The van der Waals surface area contributed by atoms with Gasteiger partial charge in [0.05, 0.1) is 23.1 Å². The van der Waals surface area contributed by atoms with Crippen LogP contribution in [0.3, 0.4) is 0 Å². The third-order valence-electron chi connectivity index (χ3n) is 5.88. The quantitative estimate of drug-likeness (QED) is 0.501. The van der Waals surface area contributed by atoms with E-state index in [2.05, 4.69) is 10.3 Å². The molecule has 0 bridgehead atoms. The monoisotopic (exact) mass is 499 g/mol. The Morgan fingerprint density at radius 1 is 1.15 bits per heavy atom. The minimum absolute atomic E-state index is 0.165. The molecule has 1 atom stereocenters. The van der Waals surface area contributed by atoms with Crippen LogP contribution in [-0.2, 0) is 14.8 Å². The van der Waals surface area contributed by atoms with E-state index >= 15 is 0 Å². The van der Waals surface area contributed by atoms with Crippen LogP contribution in [0.4, 0.5) is 5.13 Å². The van der Waals surface area contributed by atoms with Crippen molar-refractivity contribution in [3.05, 3.63) is 59.0 Å². The van der Waals surface area contributed by atoms with Gasteiger partial charge in [0.2, 0.25) is 15.9 Å². The van der Waals surface area contributed by atoms with Gasteiger partial charge in [-0.25, -0.2) is 13.4 Å². The summed E-state index contributed by atoms with van der Waals surface area (Å²) in [6.07, 6.45) is 1.28. The molecule has 0 spiro atoms. The number of carbonyl (C=O) groups excluding carboxylic acids is 1. The van der Waals surface area contributed by atoms with Gasteiger partial charge in [0.1, 0.15) is 5.75 Å². The van der Waals surface area contributed by atoms with Crippen molar-refractivity contribution >= 4 is 32.4 Å². The molecule has 1 N–H and O–H groups in total.